The minimum absolute atomic E-state index is 0.852. The Bertz CT molecular complexity index is 307. The maximum atomic E-state index is 4.08. The molecule has 3 nitrogen and oxygen atoms in total. The quantitative estimate of drug-likeness (QED) is 0.630. The molecule has 1 heterocycles. The molecule has 0 aliphatic heterocycles. The Hall–Kier alpha value is -1.77. The van der Waals surface area contributed by atoms with E-state index >= 15 is 0 Å². The maximum Gasteiger partial charge on any atom is 0.138 e. The molecule has 12 heavy (non-hydrogen) atoms. The van der Waals surface area contributed by atoms with Crippen LogP contribution in [0, 0.1) is 0 Å². The number of rotatable bonds is 1. The Morgan fingerprint density at radius 3 is 2.42 bits per heavy atom. The maximum absolute atomic E-state index is 4.08. The lowest BCUT2D eigenvalue weighted by Gasteiger charge is -1.96. The molecule has 1 aromatic heterocycles. The minimum atomic E-state index is 0.852. The van der Waals surface area contributed by atoms with Crippen molar-refractivity contribution < 1.29 is 0 Å². The monoisotopic (exact) mass is 157 g/mol. The lowest BCUT2D eigenvalue weighted by atomic mass is 10.2. The van der Waals surface area contributed by atoms with Crippen molar-refractivity contribution in [2.75, 3.05) is 0 Å². The molecule has 0 radical (unpaired) electrons. The highest BCUT2D eigenvalue weighted by Gasteiger charge is 1.95. The van der Waals surface area contributed by atoms with Gasteiger partial charge in [-0.2, -0.15) is 5.10 Å². The van der Waals surface area contributed by atoms with Crippen LogP contribution >= 0.6 is 0 Å². The molecule has 0 N–H and O–H groups in total. The van der Waals surface area contributed by atoms with Gasteiger partial charge < -0.3 is 0 Å². The van der Waals surface area contributed by atoms with E-state index in [1.165, 1.54) is 6.33 Å². The van der Waals surface area contributed by atoms with Crippen molar-refractivity contribution in [1.82, 2.24) is 15.2 Å². The van der Waals surface area contributed by atoms with Crippen molar-refractivity contribution in [2.24, 2.45) is 0 Å². The number of hydrogen-bond acceptors (Lipinski definition) is 3. The molecule has 1 aromatic carbocycles. The Labute approximate surface area is 70.1 Å². The van der Waals surface area contributed by atoms with E-state index in [-0.39, 0.29) is 0 Å². The zero-order chi connectivity index (χ0) is 8.23. The van der Waals surface area contributed by atoms with Crippen LogP contribution in [0.2, 0.25) is 0 Å². The number of benzene rings is 1. The second-order valence-corrected chi connectivity index (χ2v) is 2.36. The average Bonchev–Trinajstić information content (AvgIpc) is 2.21. The first kappa shape index (κ1) is 6.91. The summed E-state index contributed by atoms with van der Waals surface area (Å²) in [5, 5.41) is 7.36. The molecule has 0 aliphatic carbocycles. The summed E-state index contributed by atoms with van der Waals surface area (Å²) in [6.07, 6.45) is 3.09. The normalized spacial score (nSPS) is 9.67. The van der Waals surface area contributed by atoms with E-state index in [4.69, 9.17) is 0 Å². The highest BCUT2D eigenvalue weighted by atomic mass is 15.1. The molecule has 0 saturated heterocycles. The van der Waals surface area contributed by atoms with Gasteiger partial charge in [0.05, 0.1) is 11.9 Å². The van der Waals surface area contributed by atoms with Crippen molar-refractivity contribution in [3.8, 4) is 11.3 Å². The second kappa shape index (κ2) is 3.09. The van der Waals surface area contributed by atoms with Crippen LogP contribution in [0.15, 0.2) is 42.9 Å². The van der Waals surface area contributed by atoms with Crippen molar-refractivity contribution in [2.45, 2.75) is 0 Å². The van der Waals surface area contributed by atoms with Crippen LogP contribution in [0.3, 0.4) is 0 Å². The van der Waals surface area contributed by atoms with Crippen molar-refractivity contribution in [3.05, 3.63) is 42.9 Å². The molecule has 0 fully saturated rings. The average molecular weight is 157 g/mol. The summed E-state index contributed by atoms with van der Waals surface area (Å²) in [7, 11) is 0. The third kappa shape index (κ3) is 1.29. The van der Waals surface area contributed by atoms with Gasteiger partial charge in [-0.05, 0) is 0 Å². The molecule has 58 valence electrons. The second-order valence-electron chi connectivity index (χ2n) is 2.36. The summed E-state index contributed by atoms with van der Waals surface area (Å²) < 4.78 is 0. The molecular formula is C9H7N3. The largest absolute Gasteiger partial charge is 0.233 e. The lowest BCUT2D eigenvalue weighted by molar-refractivity contribution is 0.974. The van der Waals surface area contributed by atoms with Crippen molar-refractivity contribution in [1.29, 1.82) is 0 Å². The molecular weight excluding hydrogens is 150 g/mol. The van der Waals surface area contributed by atoms with E-state index in [2.05, 4.69) is 15.2 Å². The number of hydrogen-bond donors (Lipinski definition) is 0. The fraction of sp³-hybridized carbons (Fsp3) is 0. The predicted molar refractivity (Wildman–Crippen MR) is 45.3 cm³/mol. The van der Waals surface area contributed by atoms with Crippen molar-refractivity contribution >= 4 is 0 Å². The van der Waals surface area contributed by atoms with E-state index in [1.54, 1.807) is 6.20 Å². The van der Waals surface area contributed by atoms with Crippen LogP contribution in [0.25, 0.3) is 11.3 Å². The van der Waals surface area contributed by atoms with E-state index in [1.807, 2.05) is 30.3 Å². The van der Waals surface area contributed by atoms with E-state index in [9.17, 15) is 0 Å². The summed E-state index contributed by atoms with van der Waals surface area (Å²) in [5.74, 6) is 0. The highest BCUT2D eigenvalue weighted by Crippen LogP contribution is 2.12. The van der Waals surface area contributed by atoms with Crippen molar-refractivity contribution in [3.63, 3.8) is 0 Å². The molecule has 0 aliphatic rings. The standard InChI is InChI=1S/C9H7N3/c1-2-4-8(5-3-1)9-6-11-12-7-10-9/h1-7H. The summed E-state index contributed by atoms with van der Waals surface area (Å²) in [4.78, 5) is 4.08. The van der Waals surface area contributed by atoms with E-state index in [0.29, 0.717) is 0 Å². The Morgan fingerprint density at radius 1 is 0.917 bits per heavy atom. The first-order valence-electron chi connectivity index (χ1n) is 3.65. The lowest BCUT2D eigenvalue weighted by Crippen LogP contribution is -1.86. The predicted octanol–water partition coefficient (Wildman–Crippen LogP) is 1.54. The fourth-order valence-electron chi connectivity index (χ4n) is 0.997. The molecule has 0 amide bonds. The van der Waals surface area contributed by atoms with Crippen LogP contribution in [0.4, 0.5) is 0 Å². The van der Waals surface area contributed by atoms with Crippen LogP contribution < -0.4 is 0 Å². The van der Waals surface area contributed by atoms with Crippen LogP contribution in [-0.4, -0.2) is 15.2 Å². The van der Waals surface area contributed by atoms with Gasteiger partial charge in [0.15, 0.2) is 0 Å². The van der Waals surface area contributed by atoms with E-state index in [0.717, 1.165) is 11.3 Å². The molecule has 2 aromatic rings. The molecule has 0 unspecified atom stereocenters. The highest BCUT2D eigenvalue weighted by molar-refractivity contribution is 5.56. The first-order chi connectivity index (χ1) is 5.97. The van der Waals surface area contributed by atoms with Gasteiger partial charge in [-0.15, -0.1) is 5.10 Å². The van der Waals surface area contributed by atoms with Crippen LogP contribution in [0.1, 0.15) is 0 Å². The van der Waals surface area contributed by atoms with Gasteiger partial charge in [0.1, 0.15) is 6.33 Å². The van der Waals surface area contributed by atoms with Gasteiger partial charge in [-0.3, -0.25) is 0 Å². The molecule has 3 heteroatoms. The molecule has 0 saturated carbocycles. The number of aromatic nitrogens is 3. The Balaban J connectivity index is 2.46. The van der Waals surface area contributed by atoms with Gasteiger partial charge in [0.25, 0.3) is 0 Å². The van der Waals surface area contributed by atoms with E-state index < -0.39 is 0 Å². The van der Waals surface area contributed by atoms with Gasteiger partial charge in [0.2, 0.25) is 0 Å². The summed E-state index contributed by atoms with van der Waals surface area (Å²) in [6.45, 7) is 0. The van der Waals surface area contributed by atoms with Gasteiger partial charge in [-0.1, -0.05) is 30.3 Å². The summed E-state index contributed by atoms with van der Waals surface area (Å²) in [5.41, 5.74) is 1.91. The Morgan fingerprint density at radius 2 is 1.75 bits per heavy atom. The fourth-order valence-corrected chi connectivity index (χ4v) is 0.997. The molecule has 0 spiro atoms. The van der Waals surface area contributed by atoms with Gasteiger partial charge in [0, 0.05) is 5.56 Å². The molecule has 0 bridgehead atoms. The molecule has 2 rings (SSSR count). The summed E-state index contributed by atoms with van der Waals surface area (Å²) >= 11 is 0. The minimum Gasteiger partial charge on any atom is -0.233 e. The zero-order valence-corrected chi connectivity index (χ0v) is 6.38. The van der Waals surface area contributed by atoms with Gasteiger partial charge in [-0.25, -0.2) is 4.98 Å². The summed E-state index contributed by atoms with van der Waals surface area (Å²) in [6, 6.07) is 9.89. The van der Waals surface area contributed by atoms with Crippen LogP contribution in [0.5, 0.6) is 0 Å². The van der Waals surface area contributed by atoms with Gasteiger partial charge >= 0.3 is 0 Å². The van der Waals surface area contributed by atoms with Crippen LogP contribution in [-0.2, 0) is 0 Å². The zero-order valence-electron chi connectivity index (χ0n) is 6.38. The SMILES string of the molecule is c1ccc(-c2cnncn2)cc1. The smallest absolute Gasteiger partial charge is 0.138 e. The number of nitrogens with zero attached hydrogens (tertiary/aromatic N) is 3. The Kier molecular flexibility index (Phi) is 1.78. The first-order valence-corrected chi connectivity index (χ1v) is 3.65. The topological polar surface area (TPSA) is 38.7 Å². The third-order valence-corrected chi connectivity index (χ3v) is 1.56. The third-order valence-electron chi connectivity index (χ3n) is 1.56. The molecule has 0 atom stereocenters.